The Balaban J connectivity index is 1.93. The fraction of sp³-hybridized carbons (Fsp3) is 0.571. The van der Waals surface area contributed by atoms with E-state index in [2.05, 4.69) is 10.6 Å². The smallest absolute Gasteiger partial charge is 0.329 e. The van der Waals surface area contributed by atoms with Crippen LogP contribution in [0.3, 0.4) is 0 Å². The summed E-state index contributed by atoms with van der Waals surface area (Å²) >= 11 is 0. The SMILES string of the molecule is CC(C)[C@H](NC(=O)C1CCCCC1)C(=O)O[C@@H](C)C(=O)Nc1ccccc1F. The molecule has 7 heteroatoms. The highest BCUT2D eigenvalue weighted by molar-refractivity contribution is 5.95. The normalized spacial score (nSPS) is 16.9. The second-order valence-electron chi connectivity index (χ2n) is 7.61. The highest BCUT2D eigenvalue weighted by Crippen LogP contribution is 2.24. The number of amides is 2. The number of nitrogens with one attached hydrogen (secondary N) is 2. The number of rotatable bonds is 7. The van der Waals surface area contributed by atoms with Gasteiger partial charge < -0.3 is 15.4 Å². The molecule has 1 fully saturated rings. The van der Waals surface area contributed by atoms with Crippen LogP contribution in [0.15, 0.2) is 24.3 Å². The van der Waals surface area contributed by atoms with Gasteiger partial charge in [0.2, 0.25) is 5.91 Å². The van der Waals surface area contributed by atoms with Crippen LogP contribution in [0.1, 0.15) is 52.9 Å². The van der Waals surface area contributed by atoms with Gasteiger partial charge in [-0.2, -0.15) is 0 Å². The molecule has 0 unspecified atom stereocenters. The average Bonchev–Trinajstić information content (AvgIpc) is 2.67. The van der Waals surface area contributed by atoms with Gasteiger partial charge in [0.1, 0.15) is 11.9 Å². The minimum Gasteiger partial charge on any atom is -0.451 e. The summed E-state index contributed by atoms with van der Waals surface area (Å²) < 4.78 is 18.9. The first-order valence-electron chi connectivity index (χ1n) is 9.86. The highest BCUT2D eigenvalue weighted by Gasteiger charge is 2.31. The Hall–Kier alpha value is -2.44. The molecule has 2 amide bonds. The molecular weight excluding hydrogens is 363 g/mol. The average molecular weight is 392 g/mol. The van der Waals surface area contributed by atoms with Crippen molar-refractivity contribution in [1.29, 1.82) is 0 Å². The van der Waals surface area contributed by atoms with Gasteiger partial charge in [-0.05, 0) is 37.8 Å². The predicted octanol–water partition coefficient (Wildman–Crippen LogP) is 3.42. The summed E-state index contributed by atoms with van der Waals surface area (Å²) in [5, 5.41) is 5.18. The van der Waals surface area contributed by atoms with Crippen LogP contribution < -0.4 is 10.6 Å². The lowest BCUT2D eigenvalue weighted by Crippen LogP contribution is -2.49. The van der Waals surface area contributed by atoms with Crippen molar-refractivity contribution < 1.29 is 23.5 Å². The number of hydrogen-bond acceptors (Lipinski definition) is 4. The third kappa shape index (κ3) is 6.04. The van der Waals surface area contributed by atoms with Gasteiger partial charge in [-0.3, -0.25) is 9.59 Å². The Labute approximate surface area is 165 Å². The van der Waals surface area contributed by atoms with Crippen molar-refractivity contribution in [2.24, 2.45) is 11.8 Å². The van der Waals surface area contributed by atoms with Crippen molar-refractivity contribution in [3.63, 3.8) is 0 Å². The molecule has 0 aliphatic heterocycles. The number of anilines is 1. The van der Waals surface area contributed by atoms with Crippen LogP contribution in [-0.2, 0) is 19.1 Å². The van der Waals surface area contributed by atoms with E-state index in [1.165, 1.54) is 25.1 Å². The molecular formula is C21H29FN2O4. The van der Waals surface area contributed by atoms with Gasteiger partial charge in [-0.25, -0.2) is 9.18 Å². The minimum atomic E-state index is -1.13. The molecule has 1 saturated carbocycles. The molecule has 2 rings (SSSR count). The first-order chi connectivity index (χ1) is 13.3. The van der Waals surface area contributed by atoms with Crippen LogP contribution in [0, 0.1) is 17.7 Å². The molecule has 0 heterocycles. The molecule has 2 atom stereocenters. The van der Waals surface area contributed by atoms with E-state index in [-0.39, 0.29) is 23.4 Å². The molecule has 1 aromatic rings. The zero-order valence-corrected chi connectivity index (χ0v) is 16.7. The summed E-state index contributed by atoms with van der Waals surface area (Å²) in [6, 6.07) is 4.91. The first kappa shape index (κ1) is 21.9. The van der Waals surface area contributed by atoms with E-state index >= 15 is 0 Å². The predicted molar refractivity (Wildman–Crippen MR) is 104 cm³/mol. The number of hydrogen-bond donors (Lipinski definition) is 2. The fourth-order valence-corrected chi connectivity index (χ4v) is 3.23. The van der Waals surface area contributed by atoms with Gasteiger partial charge in [0, 0.05) is 5.92 Å². The van der Waals surface area contributed by atoms with Crippen LogP contribution in [0.25, 0.3) is 0 Å². The van der Waals surface area contributed by atoms with E-state index in [4.69, 9.17) is 4.74 Å². The molecule has 6 nitrogen and oxygen atoms in total. The van der Waals surface area contributed by atoms with E-state index in [0.717, 1.165) is 32.1 Å². The fourth-order valence-electron chi connectivity index (χ4n) is 3.23. The van der Waals surface area contributed by atoms with Crippen molar-refractivity contribution in [1.82, 2.24) is 5.32 Å². The molecule has 28 heavy (non-hydrogen) atoms. The van der Waals surface area contributed by atoms with Crippen molar-refractivity contribution in [3.8, 4) is 0 Å². The van der Waals surface area contributed by atoms with E-state index in [9.17, 15) is 18.8 Å². The third-order valence-electron chi connectivity index (χ3n) is 4.99. The molecule has 0 spiro atoms. The largest absolute Gasteiger partial charge is 0.451 e. The minimum absolute atomic E-state index is 0.0152. The van der Waals surface area contributed by atoms with Crippen molar-refractivity contribution in [2.75, 3.05) is 5.32 Å². The van der Waals surface area contributed by atoms with Gasteiger partial charge in [-0.1, -0.05) is 45.2 Å². The summed E-state index contributed by atoms with van der Waals surface area (Å²) in [6.45, 7) is 5.02. The molecule has 0 radical (unpaired) electrons. The monoisotopic (exact) mass is 392 g/mol. The second kappa shape index (κ2) is 10.2. The molecule has 154 valence electrons. The zero-order valence-electron chi connectivity index (χ0n) is 16.7. The molecule has 2 N–H and O–H groups in total. The molecule has 0 bridgehead atoms. The van der Waals surface area contributed by atoms with Crippen LogP contribution in [0.4, 0.5) is 10.1 Å². The van der Waals surface area contributed by atoms with Gasteiger partial charge in [-0.15, -0.1) is 0 Å². The second-order valence-corrected chi connectivity index (χ2v) is 7.61. The Morgan fingerprint density at radius 3 is 2.32 bits per heavy atom. The van der Waals surface area contributed by atoms with Gasteiger partial charge in [0.05, 0.1) is 5.69 Å². The number of carbonyl (C=O) groups excluding carboxylic acids is 3. The maximum absolute atomic E-state index is 13.7. The van der Waals surface area contributed by atoms with Crippen LogP contribution in [0.2, 0.25) is 0 Å². The van der Waals surface area contributed by atoms with E-state index in [1.54, 1.807) is 19.9 Å². The molecule has 0 aromatic heterocycles. The summed E-state index contributed by atoms with van der Waals surface area (Å²) in [7, 11) is 0. The van der Waals surface area contributed by atoms with Crippen LogP contribution >= 0.6 is 0 Å². The number of esters is 1. The maximum atomic E-state index is 13.7. The lowest BCUT2D eigenvalue weighted by Gasteiger charge is -2.26. The number of carbonyl (C=O) groups is 3. The summed E-state index contributed by atoms with van der Waals surface area (Å²) in [5.74, 6) is -2.30. The van der Waals surface area contributed by atoms with Crippen LogP contribution in [-0.4, -0.2) is 29.9 Å². The Morgan fingerprint density at radius 1 is 1.07 bits per heavy atom. The van der Waals surface area contributed by atoms with Crippen LogP contribution in [0.5, 0.6) is 0 Å². The Bertz CT molecular complexity index is 701. The third-order valence-corrected chi connectivity index (χ3v) is 4.99. The lowest BCUT2D eigenvalue weighted by molar-refractivity contribution is -0.157. The van der Waals surface area contributed by atoms with E-state index in [0.29, 0.717) is 0 Å². The van der Waals surface area contributed by atoms with Gasteiger partial charge in [0.15, 0.2) is 6.10 Å². The Morgan fingerprint density at radius 2 is 1.71 bits per heavy atom. The topological polar surface area (TPSA) is 84.5 Å². The van der Waals surface area contributed by atoms with Crippen molar-refractivity contribution in [2.45, 2.75) is 65.0 Å². The quantitative estimate of drug-likeness (QED) is 0.697. The lowest BCUT2D eigenvalue weighted by atomic mass is 9.88. The standard InChI is InChI=1S/C21H29FN2O4/c1-13(2)18(24-20(26)15-9-5-4-6-10-15)21(27)28-14(3)19(25)23-17-12-8-7-11-16(17)22/h7-8,11-15,18H,4-6,9-10H2,1-3H3,(H,23,25)(H,24,26)/t14-,18-/m0/s1. The summed E-state index contributed by atoms with van der Waals surface area (Å²) in [4.78, 5) is 37.2. The summed E-state index contributed by atoms with van der Waals surface area (Å²) in [5.41, 5.74) is 0.0152. The van der Waals surface area contributed by atoms with Gasteiger partial charge >= 0.3 is 5.97 Å². The highest BCUT2D eigenvalue weighted by atomic mass is 19.1. The van der Waals surface area contributed by atoms with Crippen molar-refractivity contribution >= 4 is 23.5 Å². The number of benzene rings is 1. The zero-order chi connectivity index (χ0) is 20.7. The molecule has 1 aliphatic carbocycles. The van der Waals surface area contributed by atoms with E-state index < -0.39 is 29.8 Å². The number of para-hydroxylation sites is 1. The maximum Gasteiger partial charge on any atom is 0.329 e. The first-order valence-corrected chi connectivity index (χ1v) is 9.86. The Kier molecular flexibility index (Phi) is 7.96. The molecule has 1 aromatic carbocycles. The number of halogens is 1. The van der Waals surface area contributed by atoms with Gasteiger partial charge in [0.25, 0.3) is 5.91 Å². The van der Waals surface area contributed by atoms with Crippen molar-refractivity contribution in [3.05, 3.63) is 30.1 Å². The van der Waals surface area contributed by atoms with E-state index in [1.807, 2.05) is 0 Å². The molecule has 1 aliphatic rings. The summed E-state index contributed by atoms with van der Waals surface area (Å²) in [6.07, 6.45) is 3.69. The molecule has 0 saturated heterocycles. The number of ether oxygens (including phenoxy) is 1.